The largest absolute Gasteiger partial charge is 0.493 e. The van der Waals surface area contributed by atoms with E-state index in [1.54, 1.807) is 12.1 Å². The van der Waals surface area contributed by atoms with E-state index in [1.165, 1.54) is 43.5 Å². The summed E-state index contributed by atoms with van der Waals surface area (Å²) in [6.07, 6.45) is 1.40. The number of rotatable bonds is 6. The summed E-state index contributed by atoms with van der Waals surface area (Å²) in [4.78, 5) is 25.2. The van der Waals surface area contributed by atoms with Gasteiger partial charge in [0.05, 0.1) is 12.7 Å². The van der Waals surface area contributed by atoms with E-state index in [2.05, 4.69) is 5.32 Å². The van der Waals surface area contributed by atoms with Crippen molar-refractivity contribution < 1.29 is 23.5 Å². The zero-order valence-corrected chi connectivity index (χ0v) is 18.6. The molecular formula is C28H19FN2O4. The predicted octanol–water partition coefficient (Wildman–Crippen LogP) is 5.75. The number of methoxy groups -OCH3 is 1. The van der Waals surface area contributed by atoms with Crippen molar-refractivity contribution >= 4 is 34.4 Å². The van der Waals surface area contributed by atoms with Gasteiger partial charge in [-0.25, -0.2) is 9.18 Å². The molecule has 4 aromatic rings. The molecule has 0 aliphatic heterocycles. The minimum atomic E-state index is -0.752. The maximum absolute atomic E-state index is 13.4. The smallest absolute Gasteiger partial charge is 0.343 e. The molecule has 6 nitrogen and oxygen atoms in total. The molecule has 4 rings (SSSR count). The van der Waals surface area contributed by atoms with Gasteiger partial charge in [0, 0.05) is 11.1 Å². The summed E-state index contributed by atoms with van der Waals surface area (Å²) in [7, 11) is 1.39. The van der Waals surface area contributed by atoms with E-state index in [0.717, 1.165) is 16.8 Å². The van der Waals surface area contributed by atoms with Crippen LogP contribution in [0.25, 0.3) is 16.8 Å². The van der Waals surface area contributed by atoms with E-state index in [4.69, 9.17) is 9.47 Å². The van der Waals surface area contributed by atoms with Crippen LogP contribution >= 0.6 is 0 Å². The summed E-state index contributed by atoms with van der Waals surface area (Å²) in [5.74, 6) is -1.56. The van der Waals surface area contributed by atoms with Crippen LogP contribution in [0.15, 0.2) is 90.5 Å². The zero-order valence-electron chi connectivity index (χ0n) is 18.6. The van der Waals surface area contributed by atoms with Crippen molar-refractivity contribution in [1.29, 1.82) is 5.26 Å². The Kier molecular flexibility index (Phi) is 6.84. The van der Waals surface area contributed by atoms with Crippen LogP contribution in [0.1, 0.15) is 15.9 Å². The molecule has 7 heteroatoms. The quantitative estimate of drug-likeness (QED) is 0.169. The number of nitrogens with one attached hydrogen (secondary N) is 1. The SMILES string of the molecule is COc1cc(/C=C(\C#N)C(=O)Nc2cccc3ccccc23)ccc1OC(=O)c1cccc(F)c1. The number of hydrogen-bond acceptors (Lipinski definition) is 5. The Labute approximate surface area is 200 Å². The Hall–Kier alpha value is -4.96. The fraction of sp³-hybridized carbons (Fsp3) is 0.0357. The third-order valence-electron chi connectivity index (χ3n) is 5.16. The van der Waals surface area contributed by atoms with E-state index in [9.17, 15) is 19.2 Å². The zero-order chi connectivity index (χ0) is 24.8. The Morgan fingerprint density at radius 1 is 0.943 bits per heavy atom. The number of halogens is 1. The van der Waals surface area contributed by atoms with Crippen LogP contribution in [0, 0.1) is 17.1 Å². The van der Waals surface area contributed by atoms with E-state index in [1.807, 2.05) is 42.5 Å². The Bertz CT molecular complexity index is 1500. The van der Waals surface area contributed by atoms with Gasteiger partial charge in [-0.2, -0.15) is 5.26 Å². The van der Waals surface area contributed by atoms with Gasteiger partial charge in [0.2, 0.25) is 0 Å². The maximum atomic E-state index is 13.4. The molecule has 0 radical (unpaired) electrons. The van der Waals surface area contributed by atoms with Gasteiger partial charge in [0.15, 0.2) is 11.5 Å². The van der Waals surface area contributed by atoms with Crippen LogP contribution in [0.5, 0.6) is 11.5 Å². The average Bonchev–Trinajstić information content (AvgIpc) is 2.88. The number of carbonyl (C=O) groups is 2. The minimum absolute atomic E-state index is 0.0490. The van der Waals surface area contributed by atoms with Gasteiger partial charge in [-0.1, -0.05) is 48.5 Å². The second kappa shape index (κ2) is 10.3. The van der Waals surface area contributed by atoms with Crippen molar-refractivity contribution in [1.82, 2.24) is 0 Å². The summed E-state index contributed by atoms with van der Waals surface area (Å²) >= 11 is 0. The van der Waals surface area contributed by atoms with Crippen LogP contribution in [-0.2, 0) is 4.79 Å². The van der Waals surface area contributed by atoms with Crippen LogP contribution in [0.2, 0.25) is 0 Å². The number of esters is 1. The van der Waals surface area contributed by atoms with Gasteiger partial charge in [-0.05, 0) is 53.4 Å². The molecule has 1 N–H and O–H groups in total. The molecule has 0 aliphatic carbocycles. The summed E-state index contributed by atoms with van der Waals surface area (Å²) in [5, 5.41) is 14.2. The van der Waals surface area contributed by atoms with Crippen LogP contribution in [0.4, 0.5) is 10.1 Å². The van der Waals surface area contributed by atoms with Gasteiger partial charge >= 0.3 is 5.97 Å². The third-order valence-corrected chi connectivity index (χ3v) is 5.16. The van der Waals surface area contributed by atoms with E-state index in [-0.39, 0.29) is 22.6 Å². The lowest BCUT2D eigenvalue weighted by atomic mass is 10.1. The lowest BCUT2D eigenvalue weighted by Gasteiger charge is -2.11. The number of carbonyl (C=O) groups excluding carboxylic acids is 2. The first-order valence-corrected chi connectivity index (χ1v) is 10.5. The van der Waals surface area contributed by atoms with Crippen LogP contribution in [-0.4, -0.2) is 19.0 Å². The van der Waals surface area contributed by atoms with E-state index in [0.29, 0.717) is 11.3 Å². The van der Waals surface area contributed by atoms with Crippen molar-refractivity contribution in [3.63, 3.8) is 0 Å². The van der Waals surface area contributed by atoms with Gasteiger partial charge in [-0.3, -0.25) is 4.79 Å². The van der Waals surface area contributed by atoms with Gasteiger partial charge in [0.25, 0.3) is 5.91 Å². The van der Waals surface area contributed by atoms with E-state index < -0.39 is 17.7 Å². The molecule has 0 unspecified atom stereocenters. The molecule has 0 aliphatic rings. The molecule has 0 saturated heterocycles. The van der Waals surface area contributed by atoms with Crippen molar-refractivity contribution in [3.05, 3.63) is 107 Å². The Balaban J connectivity index is 1.56. The molecule has 0 spiro atoms. The molecule has 0 atom stereocenters. The van der Waals surface area contributed by atoms with Crippen molar-refractivity contribution in [3.8, 4) is 17.6 Å². The highest BCUT2D eigenvalue weighted by Crippen LogP contribution is 2.30. The van der Waals surface area contributed by atoms with Crippen molar-refractivity contribution in [2.24, 2.45) is 0 Å². The molecule has 172 valence electrons. The first-order chi connectivity index (χ1) is 17.0. The lowest BCUT2D eigenvalue weighted by molar-refractivity contribution is -0.112. The summed E-state index contributed by atoms with van der Waals surface area (Å²) < 4.78 is 24.0. The molecule has 0 fully saturated rings. The summed E-state index contributed by atoms with van der Waals surface area (Å²) in [6.45, 7) is 0. The topological polar surface area (TPSA) is 88.4 Å². The highest BCUT2D eigenvalue weighted by Gasteiger charge is 2.15. The number of amides is 1. The minimum Gasteiger partial charge on any atom is -0.493 e. The van der Waals surface area contributed by atoms with Crippen LogP contribution < -0.4 is 14.8 Å². The lowest BCUT2D eigenvalue weighted by Crippen LogP contribution is -2.13. The van der Waals surface area contributed by atoms with E-state index >= 15 is 0 Å². The monoisotopic (exact) mass is 466 g/mol. The molecule has 35 heavy (non-hydrogen) atoms. The summed E-state index contributed by atoms with van der Waals surface area (Å²) in [5.41, 5.74) is 1.00. The fourth-order valence-corrected chi connectivity index (χ4v) is 3.47. The molecule has 0 heterocycles. The third kappa shape index (κ3) is 5.34. The van der Waals surface area contributed by atoms with Crippen molar-refractivity contribution in [2.75, 3.05) is 12.4 Å². The first kappa shape index (κ1) is 23.2. The number of benzene rings is 4. The molecular weight excluding hydrogens is 447 g/mol. The standard InChI is InChI=1S/C28H19FN2O4/c1-34-26-15-18(12-13-25(26)35-28(33)20-8-4-9-22(29)16-20)14-21(17-30)27(32)31-24-11-5-7-19-6-2-3-10-23(19)24/h2-16H,1H3,(H,31,32)/b21-14+. The first-order valence-electron chi connectivity index (χ1n) is 10.5. The number of hydrogen-bond donors (Lipinski definition) is 1. The maximum Gasteiger partial charge on any atom is 0.343 e. The highest BCUT2D eigenvalue weighted by atomic mass is 19.1. The number of nitriles is 1. The number of ether oxygens (including phenoxy) is 2. The molecule has 4 aromatic carbocycles. The number of fused-ring (bicyclic) bond motifs is 1. The molecule has 0 saturated carbocycles. The predicted molar refractivity (Wildman–Crippen MR) is 131 cm³/mol. The molecule has 1 amide bonds. The van der Waals surface area contributed by atoms with Gasteiger partial charge in [0.1, 0.15) is 17.5 Å². The van der Waals surface area contributed by atoms with Crippen molar-refractivity contribution in [2.45, 2.75) is 0 Å². The van der Waals surface area contributed by atoms with Gasteiger partial charge < -0.3 is 14.8 Å². The molecule has 0 aromatic heterocycles. The normalized spacial score (nSPS) is 10.9. The number of nitrogens with zero attached hydrogens (tertiary/aromatic N) is 1. The Morgan fingerprint density at radius 2 is 1.71 bits per heavy atom. The highest BCUT2D eigenvalue weighted by molar-refractivity contribution is 6.13. The fourth-order valence-electron chi connectivity index (χ4n) is 3.47. The van der Waals surface area contributed by atoms with Gasteiger partial charge in [-0.15, -0.1) is 0 Å². The number of anilines is 1. The Morgan fingerprint density at radius 3 is 2.49 bits per heavy atom. The van der Waals surface area contributed by atoms with Crippen LogP contribution in [0.3, 0.4) is 0 Å². The average molecular weight is 466 g/mol. The second-order valence-electron chi connectivity index (χ2n) is 7.46. The summed E-state index contributed by atoms with van der Waals surface area (Å²) in [6, 6.07) is 24.7. The molecule has 0 bridgehead atoms. The second-order valence-corrected chi connectivity index (χ2v) is 7.46.